The van der Waals surface area contributed by atoms with Crippen LogP contribution in [-0.4, -0.2) is 78.2 Å². The Balaban J connectivity index is 1.59. The molecule has 1 aromatic carbocycles. The lowest BCUT2D eigenvalue weighted by molar-refractivity contribution is 0.177. The third-order valence-corrected chi connectivity index (χ3v) is 6.50. The zero-order valence-corrected chi connectivity index (χ0v) is 17.6. The maximum atomic E-state index is 14.1. The molecule has 0 unspecified atom stereocenters. The summed E-state index contributed by atoms with van der Waals surface area (Å²) in [4.78, 5) is 21.8. The number of piperazine rings is 1. The highest BCUT2D eigenvalue weighted by Crippen LogP contribution is 2.18. The van der Waals surface area contributed by atoms with Crippen LogP contribution >= 0.6 is 0 Å². The van der Waals surface area contributed by atoms with Gasteiger partial charge in [0.1, 0.15) is 12.1 Å². The first-order valence-electron chi connectivity index (χ1n) is 9.26. The molecule has 0 spiro atoms. The highest BCUT2D eigenvalue weighted by molar-refractivity contribution is 7.86. The maximum Gasteiger partial charge on any atom is 0.323 e. The number of carbonyl (C=O) groups is 1. The summed E-state index contributed by atoms with van der Waals surface area (Å²) in [5, 5.41) is 5.16. The van der Waals surface area contributed by atoms with Crippen LogP contribution in [0.4, 0.5) is 20.6 Å². The summed E-state index contributed by atoms with van der Waals surface area (Å²) >= 11 is 0. The first-order chi connectivity index (χ1) is 14.2. The third kappa shape index (κ3) is 5.69. The van der Waals surface area contributed by atoms with E-state index in [9.17, 15) is 17.6 Å². The SMILES string of the molecule is CN(C)S(=O)(=O)N1CCN(Cc2cc(F)cc(NC(=O)Nc3cncnc3)c2)CC1. The number of amides is 2. The van der Waals surface area contributed by atoms with E-state index in [0.29, 0.717) is 49.7 Å². The van der Waals surface area contributed by atoms with Gasteiger partial charge in [-0.15, -0.1) is 0 Å². The molecule has 1 aromatic heterocycles. The molecular weight excluding hydrogens is 413 g/mol. The van der Waals surface area contributed by atoms with E-state index in [1.807, 2.05) is 4.90 Å². The van der Waals surface area contributed by atoms with Gasteiger partial charge in [0.25, 0.3) is 10.2 Å². The topological polar surface area (TPSA) is 111 Å². The summed E-state index contributed by atoms with van der Waals surface area (Å²) in [5.41, 5.74) is 1.41. The van der Waals surface area contributed by atoms with Crippen LogP contribution in [0.5, 0.6) is 0 Å². The Labute approximate surface area is 174 Å². The molecular formula is C18H24FN7O3S. The molecule has 10 nitrogen and oxygen atoms in total. The van der Waals surface area contributed by atoms with Gasteiger partial charge in [-0.05, 0) is 23.8 Å². The minimum Gasteiger partial charge on any atom is -0.308 e. The fraction of sp³-hybridized carbons (Fsp3) is 0.389. The van der Waals surface area contributed by atoms with Crippen LogP contribution < -0.4 is 10.6 Å². The lowest BCUT2D eigenvalue weighted by Gasteiger charge is -2.35. The largest absolute Gasteiger partial charge is 0.323 e. The summed E-state index contributed by atoms with van der Waals surface area (Å²) < 4.78 is 41.1. The Morgan fingerprint density at radius 2 is 1.70 bits per heavy atom. The molecule has 3 rings (SSSR count). The van der Waals surface area contributed by atoms with Crippen LogP contribution in [-0.2, 0) is 16.8 Å². The highest BCUT2D eigenvalue weighted by Gasteiger charge is 2.28. The number of carbonyl (C=O) groups excluding carboxylic acids is 1. The van der Waals surface area contributed by atoms with Crippen molar-refractivity contribution in [1.82, 2.24) is 23.5 Å². The van der Waals surface area contributed by atoms with Gasteiger partial charge in [0.2, 0.25) is 0 Å². The van der Waals surface area contributed by atoms with Crippen molar-refractivity contribution in [3.8, 4) is 0 Å². The van der Waals surface area contributed by atoms with E-state index < -0.39 is 22.1 Å². The zero-order chi connectivity index (χ0) is 21.7. The van der Waals surface area contributed by atoms with E-state index >= 15 is 0 Å². The molecule has 30 heavy (non-hydrogen) atoms. The van der Waals surface area contributed by atoms with Crippen LogP contribution in [0.15, 0.2) is 36.9 Å². The van der Waals surface area contributed by atoms with Gasteiger partial charge in [-0.3, -0.25) is 4.90 Å². The Hall–Kier alpha value is -2.67. The molecule has 0 saturated carbocycles. The average molecular weight is 438 g/mol. The molecule has 2 heterocycles. The van der Waals surface area contributed by atoms with Crippen LogP contribution in [0.1, 0.15) is 5.56 Å². The minimum absolute atomic E-state index is 0.313. The van der Waals surface area contributed by atoms with E-state index in [1.165, 1.54) is 53.6 Å². The van der Waals surface area contributed by atoms with Crippen LogP contribution in [0.2, 0.25) is 0 Å². The van der Waals surface area contributed by atoms with E-state index in [4.69, 9.17) is 0 Å². The summed E-state index contributed by atoms with van der Waals surface area (Å²) in [6, 6.07) is 3.78. The molecule has 1 fully saturated rings. The Morgan fingerprint density at radius 1 is 1.07 bits per heavy atom. The predicted molar refractivity (Wildman–Crippen MR) is 111 cm³/mol. The number of benzene rings is 1. The molecule has 1 saturated heterocycles. The van der Waals surface area contributed by atoms with Crippen molar-refractivity contribution in [1.29, 1.82) is 0 Å². The monoisotopic (exact) mass is 437 g/mol. The van der Waals surface area contributed by atoms with E-state index in [2.05, 4.69) is 20.6 Å². The highest BCUT2D eigenvalue weighted by atomic mass is 32.2. The zero-order valence-electron chi connectivity index (χ0n) is 16.7. The molecule has 0 radical (unpaired) electrons. The van der Waals surface area contributed by atoms with Crippen molar-refractivity contribution in [2.45, 2.75) is 6.54 Å². The maximum absolute atomic E-state index is 14.1. The molecule has 0 atom stereocenters. The fourth-order valence-corrected chi connectivity index (χ4v) is 4.17. The molecule has 1 aliphatic rings. The average Bonchev–Trinajstić information content (AvgIpc) is 2.68. The van der Waals surface area contributed by atoms with Gasteiger partial charge in [0.05, 0.1) is 18.1 Å². The second-order valence-corrected chi connectivity index (χ2v) is 9.16. The number of hydrogen-bond acceptors (Lipinski definition) is 6. The van der Waals surface area contributed by atoms with Crippen molar-refractivity contribution < 1.29 is 17.6 Å². The van der Waals surface area contributed by atoms with Gasteiger partial charge < -0.3 is 10.6 Å². The Kier molecular flexibility index (Phi) is 6.92. The number of rotatable bonds is 6. The van der Waals surface area contributed by atoms with E-state index in [-0.39, 0.29) is 0 Å². The Bertz CT molecular complexity index is 981. The first kappa shape index (κ1) is 22.0. The molecule has 2 amide bonds. The fourth-order valence-electron chi connectivity index (χ4n) is 3.08. The van der Waals surface area contributed by atoms with Crippen molar-refractivity contribution in [2.24, 2.45) is 0 Å². The third-order valence-electron chi connectivity index (χ3n) is 4.56. The van der Waals surface area contributed by atoms with Crippen molar-refractivity contribution in [3.63, 3.8) is 0 Å². The number of nitrogens with one attached hydrogen (secondary N) is 2. The van der Waals surface area contributed by atoms with Crippen molar-refractivity contribution in [2.75, 3.05) is 50.9 Å². The smallest absolute Gasteiger partial charge is 0.308 e. The summed E-state index contributed by atoms with van der Waals surface area (Å²) in [6.07, 6.45) is 4.23. The Morgan fingerprint density at radius 3 is 2.33 bits per heavy atom. The van der Waals surface area contributed by atoms with Gasteiger partial charge in [-0.1, -0.05) is 0 Å². The quantitative estimate of drug-likeness (QED) is 0.702. The van der Waals surface area contributed by atoms with E-state index in [1.54, 1.807) is 6.07 Å². The number of aromatic nitrogens is 2. The van der Waals surface area contributed by atoms with Gasteiger partial charge >= 0.3 is 6.03 Å². The lowest BCUT2D eigenvalue weighted by Crippen LogP contribution is -2.51. The summed E-state index contributed by atoms with van der Waals surface area (Å²) in [7, 11) is -0.425. The molecule has 0 bridgehead atoms. The summed E-state index contributed by atoms with van der Waals surface area (Å²) in [5.74, 6) is -0.473. The van der Waals surface area contributed by atoms with Crippen LogP contribution in [0, 0.1) is 5.82 Å². The molecule has 2 aromatic rings. The van der Waals surface area contributed by atoms with Gasteiger partial charge in [-0.2, -0.15) is 17.0 Å². The van der Waals surface area contributed by atoms with Crippen LogP contribution in [0.3, 0.4) is 0 Å². The van der Waals surface area contributed by atoms with Gasteiger partial charge in [0, 0.05) is 52.5 Å². The predicted octanol–water partition coefficient (Wildman–Crippen LogP) is 1.18. The number of urea groups is 1. The van der Waals surface area contributed by atoms with Gasteiger partial charge in [0.15, 0.2) is 0 Å². The van der Waals surface area contributed by atoms with Crippen LogP contribution in [0.25, 0.3) is 0 Å². The number of hydrogen-bond donors (Lipinski definition) is 2. The van der Waals surface area contributed by atoms with Gasteiger partial charge in [-0.25, -0.2) is 19.2 Å². The first-order valence-corrected chi connectivity index (χ1v) is 10.7. The normalized spacial score (nSPS) is 15.9. The second-order valence-electron chi connectivity index (χ2n) is 7.02. The standard InChI is InChI=1S/C18H24FN7O3S/c1-24(2)30(28,29)26-5-3-25(4-6-26)12-14-7-15(19)9-16(8-14)22-18(27)23-17-10-20-13-21-11-17/h7-11,13H,3-6,12H2,1-2H3,(H2,22,23,27). The minimum atomic E-state index is -3.43. The van der Waals surface area contributed by atoms with Crippen molar-refractivity contribution >= 4 is 27.6 Å². The summed E-state index contributed by atoms with van der Waals surface area (Å²) in [6.45, 7) is 2.23. The number of nitrogens with zero attached hydrogens (tertiary/aromatic N) is 5. The molecule has 2 N–H and O–H groups in total. The van der Waals surface area contributed by atoms with Crippen molar-refractivity contribution in [3.05, 3.63) is 48.3 Å². The molecule has 0 aliphatic carbocycles. The number of halogens is 1. The lowest BCUT2D eigenvalue weighted by atomic mass is 10.1. The second kappa shape index (κ2) is 9.43. The van der Waals surface area contributed by atoms with E-state index in [0.717, 1.165) is 0 Å². The molecule has 1 aliphatic heterocycles. The number of anilines is 2. The molecule has 162 valence electrons. The molecule has 12 heteroatoms.